The highest BCUT2D eigenvalue weighted by molar-refractivity contribution is 6.30. The molecule has 22 heavy (non-hydrogen) atoms. The van der Waals surface area contributed by atoms with Crippen LogP contribution in [0, 0.1) is 17.6 Å². The molecule has 0 amide bonds. The third kappa shape index (κ3) is 4.24. The fraction of sp³-hybridized carbons (Fsp3) is 0.250. The number of hydrogen-bond donors (Lipinski definition) is 1. The molecule has 0 unspecified atom stereocenters. The lowest BCUT2D eigenvalue weighted by Crippen LogP contribution is -2.12. The molecule has 0 aliphatic carbocycles. The summed E-state index contributed by atoms with van der Waals surface area (Å²) in [6.07, 6.45) is 2.05. The molecule has 1 N–H and O–H groups in total. The van der Waals surface area contributed by atoms with Gasteiger partial charge in [-0.3, -0.25) is 10.4 Å². The van der Waals surface area contributed by atoms with Gasteiger partial charge in [0.25, 0.3) is 0 Å². The molecular weight excluding hydrogens is 308 g/mol. The van der Waals surface area contributed by atoms with Crippen LogP contribution in [0.25, 0.3) is 0 Å². The second-order valence-corrected chi connectivity index (χ2v) is 5.64. The Morgan fingerprint density at radius 2 is 2.05 bits per heavy atom. The van der Waals surface area contributed by atoms with Crippen molar-refractivity contribution in [3.63, 3.8) is 0 Å². The number of halogens is 3. The fourth-order valence-electron chi connectivity index (χ4n) is 1.88. The number of hydrazone groups is 1. The van der Waals surface area contributed by atoms with E-state index in [2.05, 4.69) is 15.5 Å². The Bertz CT molecular complexity index is 687. The van der Waals surface area contributed by atoms with E-state index < -0.39 is 11.6 Å². The zero-order valence-electron chi connectivity index (χ0n) is 12.3. The predicted molar refractivity (Wildman–Crippen MR) is 85.2 cm³/mol. The summed E-state index contributed by atoms with van der Waals surface area (Å²) in [6.45, 7) is 4.00. The maximum absolute atomic E-state index is 13.9. The van der Waals surface area contributed by atoms with Gasteiger partial charge in [-0.15, -0.1) is 0 Å². The van der Waals surface area contributed by atoms with Crippen LogP contribution in [0.3, 0.4) is 0 Å². The molecular formula is C16H16ClF2N3. The average molecular weight is 324 g/mol. The first kappa shape index (κ1) is 16.4. The largest absolute Gasteiger partial charge is 0.278 e. The Morgan fingerprint density at radius 3 is 2.68 bits per heavy atom. The van der Waals surface area contributed by atoms with Crippen molar-refractivity contribution in [1.29, 1.82) is 0 Å². The highest BCUT2D eigenvalue weighted by atomic mass is 35.5. The minimum Gasteiger partial charge on any atom is -0.278 e. The number of pyridine rings is 1. The third-order valence-electron chi connectivity index (χ3n) is 2.87. The molecule has 0 fully saturated rings. The summed E-state index contributed by atoms with van der Waals surface area (Å²) in [5.74, 6) is -0.716. The highest BCUT2D eigenvalue weighted by Crippen LogP contribution is 2.19. The van der Waals surface area contributed by atoms with Crippen LogP contribution in [0.5, 0.6) is 0 Å². The van der Waals surface area contributed by atoms with Gasteiger partial charge in [0.2, 0.25) is 0 Å². The molecule has 3 nitrogen and oxygen atoms in total. The summed E-state index contributed by atoms with van der Waals surface area (Å²) in [4.78, 5) is 4.03. The number of anilines is 1. The monoisotopic (exact) mass is 323 g/mol. The van der Waals surface area contributed by atoms with E-state index in [0.717, 1.165) is 0 Å². The molecule has 0 aliphatic heterocycles. The highest BCUT2D eigenvalue weighted by Gasteiger charge is 2.13. The van der Waals surface area contributed by atoms with Crippen LogP contribution in [-0.2, 0) is 0 Å². The van der Waals surface area contributed by atoms with E-state index in [4.69, 9.17) is 11.6 Å². The number of aromatic nitrogens is 1. The van der Waals surface area contributed by atoms with Crippen molar-refractivity contribution in [2.75, 3.05) is 5.43 Å². The smallest absolute Gasteiger partial charge is 0.150 e. The van der Waals surface area contributed by atoms with E-state index in [1.807, 2.05) is 13.8 Å². The molecule has 116 valence electrons. The first-order chi connectivity index (χ1) is 10.5. The summed E-state index contributed by atoms with van der Waals surface area (Å²) in [5, 5.41) is 4.23. The van der Waals surface area contributed by atoms with Crippen molar-refractivity contribution in [3.8, 4) is 0 Å². The molecule has 2 aromatic rings. The second-order valence-electron chi connectivity index (χ2n) is 5.23. The van der Waals surface area contributed by atoms with Crippen LogP contribution in [-0.4, -0.2) is 10.7 Å². The number of hydrogen-bond acceptors (Lipinski definition) is 3. The van der Waals surface area contributed by atoms with Gasteiger partial charge < -0.3 is 0 Å². The Morgan fingerprint density at radius 1 is 1.27 bits per heavy atom. The van der Waals surface area contributed by atoms with Crippen molar-refractivity contribution in [2.24, 2.45) is 11.0 Å². The molecule has 6 heteroatoms. The van der Waals surface area contributed by atoms with Gasteiger partial charge in [0.15, 0.2) is 5.82 Å². The standard InChI is InChI=1S/C16H16ClF2N3/c1-10(2)8-15(16-13(18)4-3-7-20-16)22-21-11-5-6-12(17)14(19)9-11/h3-7,9-10,21H,8H2,1-2H3. The van der Waals surface area contributed by atoms with Gasteiger partial charge in [0, 0.05) is 12.3 Å². The Kier molecular flexibility index (Phi) is 5.44. The minimum absolute atomic E-state index is 0.0349. The average Bonchev–Trinajstić information content (AvgIpc) is 2.47. The van der Waals surface area contributed by atoms with Crippen LogP contribution in [0.4, 0.5) is 14.5 Å². The topological polar surface area (TPSA) is 37.3 Å². The Labute approximate surface area is 133 Å². The molecule has 1 aromatic heterocycles. The van der Waals surface area contributed by atoms with E-state index in [9.17, 15) is 8.78 Å². The quantitative estimate of drug-likeness (QED) is 0.629. The number of rotatable bonds is 5. The summed E-state index contributed by atoms with van der Waals surface area (Å²) in [7, 11) is 0. The van der Waals surface area contributed by atoms with Gasteiger partial charge in [0.1, 0.15) is 11.5 Å². The van der Waals surface area contributed by atoms with Gasteiger partial charge in [-0.05, 0) is 36.6 Å². The minimum atomic E-state index is -0.545. The van der Waals surface area contributed by atoms with E-state index in [1.165, 1.54) is 30.5 Å². The number of nitrogens with zero attached hydrogens (tertiary/aromatic N) is 2. The summed E-state index contributed by atoms with van der Waals surface area (Å²) >= 11 is 5.63. The van der Waals surface area contributed by atoms with Crippen molar-refractivity contribution >= 4 is 23.0 Å². The molecule has 0 saturated heterocycles. The molecule has 1 aromatic carbocycles. The molecule has 1 heterocycles. The first-order valence-corrected chi connectivity index (χ1v) is 7.23. The van der Waals surface area contributed by atoms with Gasteiger partial charge in [-0.2, -0.15) is 5.10 Å². The molecule has 0 saturated carbocycles. The number of benzene rings is 1. The molecule has 0 spiro atoms. The van der Waals surface area contributed by atoms with Gasteiger partial charge in [0.05, 0.1) is 16.4 Å². The summed E-state index contributed by atoms with van der Waals surface area (Å²) < 4.78 is 27.3. The van der Waals surface area contributed by atoms with Gasteiger partial charge in [-0.25, -0.2) is 8.78 Å². The Hall–Kier alpha value is -2.01. The van der Waals surface area contributed by atoms with Crippen LogP contribution in [0.15, 0.2) is 41.6 Å². The first-order valence-electron chi connectivity index (χ1n) is 6.86. The molecule has 0 radical (unpaired) electrons. The van der Waals surface area contributed by atoms with Crippen LogP contribution >= 0.6 is 11.6 Å². The Balaban J connectivity index is 2.29. The van der Waals surface area contributed by atoms with Crippen molar-refractivity contribution in [1.82, 2.24) is 4.98 Å². The van der Waals surface area contributed by atoms with Crippen molar-refractivity contribution in [3.05, 3.63) is 58.9 Å². The third-order valence-corrected chi connectivity index (χ3v) is 3.18. The lowest BCUT2D eigenvalue weighted by atomic mass is 10.0. The van der Waals surface area contributed by atoms with Gasteiger partial charge >= 0.3 is 0 Å². The van der Waals surface area contributed by atoms with Crippen LogP contribution < -0.4 is 5.43 Å². The molecule has 0 aliphatic rings. The van der Waals surface area contributed by atoms with E-state index in [0.29, 0.717) is 17.8 Å². The lowest BCUT2D eigenvalue weighted by Gasteiger charge is -2.10. The predicted octanol–water partition coefficient (Wildman–Crippen LogP) is 4.88. The van der Waals surface area contributed by atoms with Crippen LogP contribution in [0.1, 0.15) is 26.0 Å². The zero-order chi connectivity index (χ0) is 16.1. The number of nitrogens with one attached hydrogen (secondary N) is 1. The SMILES string of the molecule is CC(C)CC(=NNc1ccc(Cl)c(F)c1)c1ncccc1F. The second kappa shape index (κ2) is 7.31. The maximum atomic E-state index is 13.9. The maximum Gasteiger partial charge on any atom is 0.150 e. The molecule has 0 atom stereocenters. The van der Waals surface area contributed by atoms with E-state index >= 15 is 0 Å². The normalized spacial score (nSPS) is 11.8. The summed E-state index contributed by atoms with van der Waals surface area (Å²) in [6, 6.07) is 7.11. The zero-order valence-corrected chi connectivity index (χ0v) is 13.0. The van der Waals surface area contributed by atoms with Crippen molar-refractivity contribution in [2.45, 2.75) is 20.3 Å². The molecule has 0 bridgehead atoms. The molecule has 2 rings (SSSR count). The lowest BCUT2D eigenvalue weighted by molar-refractivity contribution is 0.613. The van der Waals surface area contributed by atoms with Crippen molar-refractivity contribution < 1.29 is 8.78 Å². The van der Waals surface area contributed by atoms with E-state index in [-0.39, 0.29) is 16.6 Å². The van der Waals surface area contributed by atoms with Crippen LogP contribution in [0.2, 0.25) is 5.02 Å². The summed E-state index contributed by atoms with van der Waals surface area (Å²) in [5.41, 5.74) is 3.82. The fourth-order valence-corrected chi connectivity index (χ4v) is 2.00. The van der Waals surface area contributed by atoms with Gasteiger partial charge in [-0.1, -0.05) is 25.4 Å². The van der Waals surface area contributed by atoms with E-state index in [1.54, 1.807) is 6.07 Å².